The van der Waals surface area contributed by atoms with Crippen LogP contribution in [0, 0.1) is 11.3 Å². The Morgan fingerprint density at radius 2 is 2.00 bits per heavy atom. The van der Waals surface area contributed by atoms with Crippen LogP contribution < -0.4 is 5.32 Å². The van der Waals surface area contributed by atoms with Gasteiger partial charge >= 0.3 is 6.09 Å². The third-order valence-corrected chi connectivity index (χ3v) is 4.48. The van der Waals surface area contributed by atoms with Gasteiger partial charge in [-0.05, 0) is 24.3 Å². The molecule has 0 heterocycles. The van der Waals surface area contributed by atoms with Crippen LogP contribution >= 0.6 is 0 Å². The number of alkyl carbamates (subject to hydrolysis) is 1. The highest BCUT2D eigenvalue weighted by atomic mass is 16.5. The third kappa shape index (κ3) is 3.76. The van der Waals surface area contributed by atoms with Crippen LogP contribution in [0.1, 0.15) is 38.7 Å². The molecule has 1 amide bonds. The summed E-state index contributed by atoms with van der Waals surface area (Å²) in [5.74, 6) is 0.265. The molecule has 2 rings (SSSR count). The number of amides is 1. The topological polar surface area (TPSA) is 58.6 Å². The lowest BCUT2D eigenvalue weighted by Gasteiger charge is -2.48. The molecule has 1 aliphatic carbocycles. The minimum Gasteiger partial charge on any atom is -0.445 e. The molecule has 0 bridgehead atoms. The summed E-state index contributed by atoms with van der Waals surface area (Å²) >= 11 is 0. The molecule has 0 aromatic heterocycles. The van der Waals surface area contributed by atoms with Gasteiger partial charge in [0.15, 0.2) is 0 Å². The number of aliphatic hydroxyl groups is 1. The lowest BCUT2D eigenvalue weighted by Crippen LogP contribution is -2.56. The number of ether oxygens (including phenoxy) is 1. The number of nitrogens with one attached hydrogen (secondary N) is 1. The van der Waals surface area contributed by atoms with Gasteiger partial charge in [0.2, 0.25) is 0 Å². The Hall–Kier alpha value is -1.55. The molecular formula is C17H25NO3. The zero-order valence-corrected chi connectivity index (χ0v) is 12.8. The fourth-order valence-electron chi connectivity index (χ4n) is 3.12. The second kappa shape index (κ2) is 6.94. The van der Waals surface area contributed by atoms with Gasteiger partial charge < -0.3 is 15.2 Å². The molecule has 0 aliphatic heterocycles. The van der Waals surface area contributed by atoms with Crippen molar-refractivity contribution in [1.29, 1.82) is 0 Å². The van der Waals surface area contributed by atoms with Gasteiger partial charge in [0, 0.05) is 11.5 Å². The van der Waals surface area contributed by atoms with Crippen molar-refractivity contribution in [3.63, 3.8) is 0 Å². The van der Waals surface area contributed by atoms with Crippen LogP contribution in [0.15, 0.2) is 30.3 Å². The molecular weight excluding hydrogens is 266 g/mol. The van der Waals surface area contributed by atoms with Crippen molar-refractivity contribution in [2.24, 2.45) is 11.3 Å². The van der Waals surface area contributed by atoms with Crippen LogP contribution in [0.4, 0.5) is 4.79 Å². The molecule has 1 aliphatic rings. The van der Waals surface area contributed by atoms with E-state index in [0.29, 0.717) is 0 Å². The van der Waals surface area contributed by atoms with E-state index in [-0.39, 0.29) is 30.6 Å². The average Bonchev–Trinajstić information content (AvgIpc) is 2.44. The largest absolute Gasteiger partial charge is 0.445 e. The van der Waals surface area contributed by atoms with E-state index in [2.05, 4.69) is 19.2 Å². The fraction of sp³-hybridized carbons (Fsp3) is 0.588. The lowest BCUT2D eigenvalue weighted by atomic mass is 9.62. The number of carbonyl (C=O) groups excluding carboxylic acids is 1. The van der Waals surface area contributed by atoms with Crippen LogP contribution in [0.5, 0.6) is 0 Å². The van der Waals surface area contributed by atoms with Gasteiger partial charge in [0.25, 0.3) is 0 Å². The third-order valence-electron chi connectivity index (χ3n) is 4.48. The highest BCUT2D eigenvalue weighted by molar-refractivity contribution is 5.67. The molecule has 1 unspecified atom stereocenters. The molecule has 1 saturated carbocycles. The van der Waals surface area contributed by atoms with Gasteiger partial charge in [-0.2, -0.15) is 0 Å². The molecule has 0 radical (unpaired) electrons. The standard InChI is InChI=1S/C17H25NO3/c1-13(2)15(17(12-19)9-6-10-17)18-16(20)21-11-14-7-4-3-5-8-14/h3-5,7-8,13,15,19H,6,9-12H2,1-2H3,(H,18,20). The quantitative estimate of drug-likeness (QED) is 0.846. The predicted octanol–water partition coefficient (Wildman–Crippen LogP) is 3.10. The molecule has 1 aromatic rings. The smallest absolute Gasteiger partial charge is 0.407 e. The maximum absolute atomic E-state index is 12.0. The van der Waals surface area contributed by atoms with Gasteiger partial charge in [-0.3, -0.25) is 0 Å². The Bertz CT molecular complexity index is 449. The van der Waals surface area contributed by atoms with E-state index >= 15 is 0 Å². The maximum Gasteiger partial charge on any atom is 0.407 e. The van der Waals surface area contributed by atoms with E-state index in [9.17, 15) is 9.90 Å². The molecule has 0 saturated heterocycles. The van der Waals surface area contributed by atoms with Gasteiger partial charge in [-0.1, -0.05) is 50.6 Å². The van der Waals surface area contributed by atoms with E-state index in [1.165, 1.54) is 0 Å². The summed E-state index contributed by atoms with van der Waals surface area (Å²) in [6, 6.07) is 9.58. The van der Waals surface area contributed by atoms with E-state index in [1.54, 1.807) is 0 Å². The summed E-state index contributed by atoms with van der Waals surface area (Å²) in [6.45, 7) is 4.52. The molecule has 1 fully saturated rings. The van der Waals surface area contributed by atoms with E-state index in [4.69, 9.17) is 4.74 Å². The Labute approximate surface area is 126 Å². The molecule has 4 nitrogen and oxygen atoms in total. The normalized spacial score (nSPS) is 17.9. The summed E-state index contributed by atoms with van der Waals surface area (Å²) in [6.07, 6.45) is 2.64. The number of benzene rings is 1. The number of rotatable bonds is 6. The Balaban J connectivity index is 1.90. The molecule has 1 aromatic carbocycles. The summed E-state index contributed by atoms with van der Waals surface area (Å²) in [4.78, 5) is 12.0. The van der Waals surface area contributed by atoms with E-state index in [0.717, 1.165) is 24.8 Å². The Kier molecular flexibility index (Phi) is 5.23. The highest BCUT2D eigenvalue weighted by Gasteiger charge is 2.45. The molecule has 116 valence electrons. The first-order valence-electron chi connectivity index (χ1n) is 7.65. The molecule has 4 heteroatoms. The first-order valence-corrected chi connectivity index (χ1v) is 7.65. The summed E-state index contributed by atoms with van der Waals surface area (Å²) < 4.78 is 5.29. The van der Waals surface area contributed by atoms with Crippen LogP contribution in [0.3, 0.4) is 0 Å². The van der Waals surface area contributed by atoms with Crippen LogP contribution in [0.2, 0.25) is 0 Å². The van der Waals surface area contributed by atoms with Crippen molar-refractivity contribution in [1.82, 2.24) is 5.32 Å². The predicted molar refractivity (Wildman–Crippen MR) is 81.8 cm³/mol. The fourth-order valence-corrected chi connectivity index (χ4v) is 3.12. The first kappa shape index (κ1) is 15.8. The van der Waals surface area contributed by atoms with Crippen molar-refractivity contribution in [2.45, 2.75) is 45.8 Å². The molecule has 0 spiro atoms. The van der Waals surface area contributed by atoms with Crippen molar-refractivity contribution in [2.75, 3.05) is 6.61 Å². The van der Waals surface area contributed by atoms with Crippen molar-refractivity contribution in [3.05, 3.63) is 35.9 Å². The van der Waals surface area contributed by atoms with Crippen molar-refractivity contribution >= 4 is 6.09 Å². The highest BCUT2D eigenvalue weighted by Crippen LogP contribution is 2.45. The van der Waals surface area contributed by atoms with Gasteiger partial charge in [-0.15, -0.1) is 0 Å². The lowest BCUT2D eigenvalue weighted by molar-refractivity contribution is -0.00987. The second-order valence-electron chi connectivity index (χ2n) is 6.30. The average molecular weight is 291 g/mol. The van der Waals surface area contributed by atoms with Gasteiger partial charge in [0.1, 0.15) is 6.61 Å². The Morgan fingerprint density at radius 3 is 2.48 bits per heavy atom. The summed E-state index contributed by atoms with van der Waals surface area (Å²) in [5.41, 5.74) is 0.800. The number of hydrogen-bond acceptors (Lipinski definition) is 3. The zero-order chi connectivity index (χ0) is 15.3. The molecule has 21 heavy (non-hydrogen) atoms. The van der Waals surface area contributed by atoms with Gasteiger partial charge in [-0.25, -0.2) is 4.79 Å². The van der Waals surface area contributed by atoms with Crippen molar-refractivity contribution < 1.29 is 14.6 Å². The first-order chi connectivity index (χ1) is 10.1. The number of aliphatic hydroxyl groups excluding tert-OH is 1. The minimum absolute atomic E-state index is 0.0421. The van der Waals surface area contributed by atoms with Crippen LogP contribution in [-0.4, -0.2) is 23.8 Å². The molecule has 1 atom stereocenters. The van der Waals surface area contributed by atoms with E-state index in [1.807, 2.05) is 30.3 Å². The van der Waals surface area contributed by atoms with E-state index < -0.39 is 6.09 Å². The number of carbonyl (C=O) groups is 1. The zero-order valence-electron chi connectivity index (χ0n) is 12.8. The SMILES string of the molecule is CC(C)C(NC(=O)OCc1ccccc1)C1(CO)CCC1. The second-order valence-corrected chi connectivity index (χ2v) is 6.30. The Morgan fingerprint density at radius 1 is 1.33 bits per heavy atom. The monoisotopic (exact) mass is 291 g/mol. The number of hydrogen-bond donors (Lipinski definition) is 2. The summed E-state index contributed by atoms with van der Waals surface area (Å²) in [7, 11) is 0. The minimum atomic E-state index is -0.405. The molecule has 2 N–H and O–H groups in total. The van der Waals surface area contributed by atoms with Crippen LogP contribution in [0.25, 0.3) is 0 Å². The van der Waals surface area contributed by atoms with Crippen LogP contribution in [-0.2, 0) is 11.3 Å². The maximum atomic E-state index is 12.0. The summed E-state index contributed by atoms with van der Waals surface area (Å²) in [5, 5.41) is 12.6. The van der Waals surface area contributed by atoms with Crippen molar-refractivity contribution in [3.8, 4) is 0 Å². The van der Waals surface area contributed by atoms with Gasteiger partial charge in [0.05, 0.1) is 6.61 Å².